The van der Waals surface area contributed by atoms with E-state index in [0.717, 1.165) is 22.9 Å². The molecule has 2 fully saturated rings. The smallest absolute Gasteiger partial charge is 0.248 e. The Morgan fingerprint density at radius 2 is 1.70 bits per heavy atom. The van der Waals surface area contributed by atoms with Crippen molar-refractivity contribution < 1.29 is 33.1 Å². The van der Waals surface area contributed by atoms with Gasteiger partial charge in [0.05, 0.1) is 19.7 Å². The molecule has 250 valence electrons. The van der Waals surface area contributed by atoms with Crippen LogP contribution in [0.15, 0.2) is 40.8 Å². The van der Waals surface area contributed by atoms with E-state index in [4.69, 9.17) is 23.9 Å². The number of hydrogen-bond donors (Lipinski definition) is 2. The molecular formula is C33H40N6O7S. The number of thioether (sulfide) groups is 1. The Bertz CT molecular complexity index is 1700. The number of nitrogens with zero attached hydrogens (tertiary/aromatic N) is 4. The Morgan fingerprint density at radius 1 is 1.02 bits per heavy atom. The van der Waals surface area contributed by atoms with E-state index < -0.39 is 18.0 Å². The first-order valence-corrected chi connectivity index (χ1v) is 16.5. The fraction of sp³-hybridized carbons (Fsp3) is 0.455. The molecule has 6 rings (SSSR count). The predicted molar refractivity (Wildman–Crippen MR) is 180 cm³/mol. The van der Waals surface area contributed by atoms with Crippen LogP contribution in [-0.4, -0.2) is 95.8 Å². The number of nitrogens with one attached hydrogen (secondary N) is 2. The first-order chi connectivity index (χ1) is 22.6. The van der Waals surface area contributed by atoms with Crippen LogP contribution in [0.3, 0.4) is 0 Å². The van der Waals surface area contributed by atoms with Crippen molar-refractivity contribution in [2.75, 3.05) is 56.4 Å². The van der Waals surface area contributed by atoms with Gasteiger partial charge in [0, 0.05) is 56.2 Å². The normalized spacial score (nSPS) is 18.5. The van der Waals surface area contributed by atoms with Gasteiger partial charge in [-0.3, -0.25) is 19.2 Å². The Balaban J connectivity index is 0.000000539. The number of likely N-dealkylation sites (tertiary alicyclic amines) is 1. The van der Waals surface area contributed by atoms with Crippen molar-refractivity contribution in [3.8, 4) is 11.5 Å². The van der Waals surface area contributed by atoms with Crippen LogP contribution in [0.5, 0.6) is 11.5 Å². The largest absolute Gasteiger partial charge is 0.493 e. The lowest BCUT2D eigenvalue weighted by Gasteiger charge is -2.35. The van der Waals surface area contributed by atoms with Crippen LogP contribution >= 0.6 is 11.8 Å². The van der Waals surface area contributed by atoms with Gasteiger partial charge in [-0.25, -0.2) is 4.98 Å². The van der Waals surface area contributed by atoms with Gasteiger partial charge in [0.25, 0.3) is 0 Å². The second kappa shape index (κ2) is 15.0. The molecule has 3 atom stereocenters. The highest BCUT2D eigenvalue weighted by molar-refractivity contribution is 8.13. The molecule has 13 nitrogen and oxygen atoms in total. The number of benzene rings is 2. The van der Waals surface area contributed by atoms with Crippen LogP contribution in [0.2, 0.25) is 0 Å². The molecule has 2 aliphatic heterocycles. The monoisotopic (exact) mass is 664 g/mol. The van der Waals surface area contributed by atoms with Gasteiger partial charge >= 0.3 is 0 Å². The number of ether oxygens (including phenoxy) is 2. The summed E-state index contributed by atoms with van der Waals surface area (Å²) < 4.78 is 16.0. The van der Waals surface area contributed by atoms with Crippen molar-refractivity contribution in [1.29, 1.82) is 0 Å². The van der Waals surface area contributed by atoms with Gasteiger partial charge in [0.1, 0.15) is 29.1 Å². The van der Waals surface area contributed by atoms with E-state index in [0.29, 0.717) is 73.1 Å². The third kappa shape index (κ3) is 7.76. The average Bonchev–Trinajstić information content (AvgIpc) is 3.86. The Labute approximate surface area is 277 Å². The highest BCUT2D eigenvalue weighted by Gasteiger charge is 2.37. The van der Waals surface area contributed by atoms with Gasteiger partial charge in [-0.05, 0) is 50.1 Å². The molecular weight excluding hydrogens is 624 g/mol. The molecule has 0 spiro atoms. The number of methoxy groups -OCH3 is 2. The van der Waals surface area contributed by atoms with E-state index in [9.17, 15) is 19.2 Å². The third-order valence-electron chi connectivity index (χ3n) is 8.26. The lowest BCUT2D eigenvalue weighted by molar-refractivity contribution is -0.139. The zero-order valence-electron chi connectivity index (χ0n) is 27.2. The first kappa shape index (κ1) is 33.9. The Morgan fingerprint density at radius 3 is 2.30 bits per heavy atom. The summed E-state index contributed by atoms with van der Waals surface area (Å²) in [4.78, 5) is 63.5. The van der Waals surface area contributed by atoms with Crippen molar-refractivity contribution >= 4 is 68.3 Å². The molecule has 2 N–H and O–H groups in total. The first-order valence-electron chi connectivity index (χ1n) is 15.5. The van der Waals surface area contributed by atoms with E-state index in [1.807, 2.05) is 29.2 Å². The van der Waals surface area contributed by atoms with Gasteiger partial charge in [0.15, 0.2) is 22.4 Å². The highest BCUT2D eigenvalue weighted by atomic mass is 32.2. The van der Waals surface area contributed by atoms with Crippen molar-refractivity contribution in [2.24, 2.45) is 5.92 Å². The number of amides is 2. The summed E-state index contributed by atoms with van der Waals surface area (Å²) >= 11 is 1.10. The maximum Gasteiger partial charge on any atom is 0.248 e. The second-order valence-corrected chi connectivity index (χ2v) is 12.8. The molecule has 0 saturated carbocycles. The molecule has 2 bridgehead atoms. The van der Waals surface area contributed by atoms with Crippen LogP contribution in [0.1, 0.15) is 33.6 Å². The van der Waals surface area contributed by atoms with Gasteiger partial charge in [0.2, 0.25) is 17.8 Å². The third-order valence-corrected chi connectivity index (χ3v) is 9.33. The van der Waals surface area contributed by atoms with Gasteiger partial charge < -0.3 is 34.3 Å². The molecule has 14 heteroatoms. The molecule has 3 unspecified atom stereocenters. The number of furan rings is 2. The number of fused-ring (bicyclic) bond motifs is 3. The maximum atomic E-state index is 13.6. The summed E-state index contributed by atoms with van der Waals surface area (Å²) in [5, 5.41) is 6.66. The number of carbonyl (C=O) groups excluding carboxylic acids is 4. The highest BCUT2D eigenvalue weighted by Crippen LogP contribution is 2.36. The number of ketones is 1. The van der Waals surface area contributed by atoms with Crippen molar-refractivity contribution in [3.05, 3.63) is 36.4 Å². The summed E-state index contributed by atoms with van der Waals surface area (Å²) in [5.41, 5.74) is 2.44. The number of piperazine rings is 1. The molecule has 1 aromatic carbocycles. The fourth-order valence-corrected chi connectivity index (χ4v) is 6.41. The van der Waals surface area contributed by atoms with Crippen molar-refractivity contribution in [3.63, 3.8) is 0 Å². The van der Waals surface area contributed by atoms with Crippen LogP contribution in [0.4, 0.5) is 11.8 Å². The molecule has 47 heavy (non-hydrogen) atoms. The Hall–Kier alpha value is -4.43. The van der Waals surface area contributed by atoms with E-state index in [1.54, 1.807) is 24.0 Å². The van der Waals surface area contributed by atoms with E-state index >= 15 is 0 Å². The van der Waals surface area contributed by atoms with Gasteiger partial charge in [-0.1, -0.05) is 18.7 Å². The van der Waals surface area contributed by atoms with E-state index in [1.165, 1.54) is 28.1 Å². The summed E-state index contributed by atoms with van der Waals surface area (Å²) in [6.45, 7) is 6.86. The Kier molecular flexibility index (Phi) is 10.8. The second-order valence-electron chi connectivity index (χ2n) is 11.6. The standard InChI is InChI=1S/C27H36N6O6S.C6H4O/c1-15(14-40-17(3)35)26(37)32-9-6-7-20(32)25(36)30-24-18-11-22(38-4)23(39-5)12-19(18)29-27(31-24)33-10-8-28-13-21(33)16(2)34;1-2-6-4-3-5(1)7-6/h11-12,15,20-21,28H,6-10,13-14H2,1-5H3,(H,29,30,31,36);1-4H. The molecule has 0 radical (unpaired) electrons. The lowest BCUT2D eigenvalue weighted by atomic mass is 10.1. The topological polar surface area (TPSA) is 156 Å². The number of aromatic nitrogens is 2. The summed E-state index contributed by atoms with van der Waals surface area (Å²) in [7, 11) is 3.04. The average molecular weight is 665 g/mol. The zero-order chi connectivity index (χ0) is 33.7. The molecule has 2 amide bonds. The molecule has 0 aliphatic carbocycles. The maximum absolute atomic E-state index is 13.6. The van der Waals surface area contributed by atoms with Gasteiger partial charge in [-0.15, -0.1) is 0 Å². The summed E-state index contributed by atoms with van der Waals surface area (Å²) in [6.07, 6.45) is 1.21. The minimum atomic E-state index is -0.671. The summed E-state index contributed by atoms with van der Waals surface area (Å²) in [6, 6.07) is 10.1. The van der Waals surface area contributed by atoms with Crippen LogP contribution in [-0.2, 0) is 19.2 Å². The SMILES string of the molecule is COc1cc2nc(N3CCNCC3C(C)=O)nc(NC(=O)C3CCCN3C(=O)C(C)CSC(C)=O)c2cc1OC.c1cc2ccc1o2. The predicted octanol–water partition coefficient (Wildman–Crippen LogP) is 3.73. The lowest BCUT2D eigenvalue weighted by Crippen LogP contribution is -2.55. The molecule has 2 aliphatic rings. The zero-order valence-corrected chi connectivity index (χ0v) is 28.0. The van der Waals surface area contributed by atoms with Gasteiger partial charge in [-0.2, -0.15) is 4.98 Å². The van der Waals surface area contributed by atoms with E-state index in [2.05, 4.69) is 10.6 Å². The fourth-order valence-electron chi connectivity index (χ4n) is 5.79. The van der Waals surface area contributed by atoms with Crippen LogP contribution in [0.25, 0.3) is 22.1 Å². The number of carbonyl (C=O) groups is 4. The molecule has 2 saturated heterocycles. The van der Waals surface area contributed by atoms with Crippen molar-refractivity contribution in [1.82, 2.24) is 20.2 Å². The van der Waals surface area contributed by atoms with Crippen LogP contribution < -0.4 is 25.0 Å². The minimum Gasteiger partial charge on any atom is -0.493 e. The van der Waals surface area contributed by atoms with E-state index in [-0.39, 0.29) is 28.5 Å². The minimum absolute atomic E-state index is 0.0223. The number of rotatable bonds is 9. The van der Waals surface area contributed by atoms with Crippen LogP contribution in [0, 0.1) is 5.92 Å². The quantitative estimate of drug-likeness (QED) is 0.268. The number of Topliss-reactive ketones (excluding diaryl/α,β-unsaturated/α-hetero) is 1. The molecule has 5 heterocycles. The molecule has 3 aromatic heterocycles. The molecule has 4 aromatic rings. The van der Waals surface area contributed by atoms with Crippen molar-refractivity contribution in [2.45, 2.75) is 45.7 Å². The number of anilines is 2. The number of hydrogen-bond acceptors (Lipinski definition) is 12. The summed E-state index contributed by atoms with van der Waals surface area (Å²) in [5.74, 6) is 0.899.